The fourth-order valence-electron chi connectivity index (χ4n) is 2.55. The van der Waals surface area contributed by atoms with E-state index in [0.29, 0.717) is 6.54 Å². The van der Waals surface area contributed by atoms with Gasteiger partial charge in [0, 0.05) is 0 Å². The second-order valence-electron chi connectivity index (χ2n) is 6.49. The van der Waals surface area contributed by atoms with E-state index in [1.165, 1.54) is 0 Å². The Balaban J connectivity index is 1.92. The molecule has 5 nitrogen and oxygen atoms in total. The molecule has 1 amide bonds. The van der Waals surface area contributed by atoms with E-state index in [2.05, 4.69) is 5.32 Å². The summed E-state index contributed by atoms with van der Waals surface area (Å²) in [4.78, 5) is 11.3. The van der Waals surface area contributed by atoms with Gasteiger partial charge in [0.15, 0.2) is 0 Å². The monoisotopic (exact) mass is 289 g/mol. The lowest BCUT2D eigenvalue weighted by Gasteiger charge is -2.32. The minimum absolute atomic E-state index is 0.298. The largest absolute Gasteiger partial charge is 0.495 e. The lowest BCUT2D eigenvalue weighted by molar-refractivity contribution is 0.00578. The Hall–Kier alpha value is -1.53. The van der Waals surface area contributed by atoms with Crippen molar-refractivity contribution >= 4 is 18.7 Å². The van der Waals surface area contributed by atoms with E-state index in [1.807, 2.05) is 52.0 Å². The zero-order chi connectivity index (χ0) is 15.3. The summed E-state index contributed by atoms with van der Waals surface area (Å²) in [7, 11) is -0.453. The van der Waals surface area contributed by atoms with Crippen LogP contribution in [0.2, 0.25) is 0 Å². The molecule has 0 aliphatic carbocycles. The molecular weight excluding hydrogens is 269 g/mol. The van der Waals surface area contributed by atoms with Crippen LogP contribution in [0.3, 0.4) is 0 Å². The average molecular weight is 289 g/mol. The standard InChI is InChI=1S/C15H20BNO4/c1-14(2)15(3,4)21-16(20-14)11-8-6-5-7-10(11)12-9-17-13(18)19-12/h5-8,12H,9H2,1-4H3,(H,17,18)/t12-/m0/s1. The first-order valence-corrected chi connectivity index (χ1v) is 7.19. The molecule has 3 rings (SSSR count). The minimum Gasteiger partial charge on any atom is -0.439 e. The van der Waals surface area contributed by atoms with Crippen molar-refractivity contribution in [3.63, 3.8) is 0 Å². The van der Waals surface area contributed by atoms with Gasteiger partial charge in [0.2, 0.25) is 0 Å². The molecule has 2 aliphatic rings. The molecule has 2 heterocycles. The third kappa shape index (κ3) is 2.42. The first-order valence-electron chi connectivity index (χ1n) is 7.19. The highest BCUT2D eigenvalue weighted by Crippen LogP contribution is 2.37. The number of hydrogen-bond acceptors (Lipinski definition) is 4. The number of hydrogen-bond donors (Lipinski definition) is 1. The Bertz CT molecular complexity index is 557. The molecular formula is C15H20BNO4. The van der Waals surface area contributed by atoms with Crippen molar-refractivity contribution in [3.8, 4) is 0 Å². The summed E-state index contributed by atoms with van der Waals surface area (Å²) in [6, 6.07) is 7.78. The summed E-state index contributed by atoms with van der Waals surface area (Å²) < 4.78 is 17.5. The highest BCUT2D eigenvalue weighted by molar-refractivity contribution is 6.62. The van der Waals surface area contributed by atoms with Crippen molar-refractivity contribution in [1.82, 2.24) is 5.32 Å². The number of benzene rings is 1. The summed E-state index contributed by atoms with van der Waals surface area (Å²) in [5.41, 5.74) is 1.05. The second-order valence-corrected chi connectivity index (χ2v) is 6.49. The van der Waals surface area contributed by atoms with Crippen LogP contribution >= 0.6 is 0 Å². The zero-order valence-electron chi connectivity index (χ0n) is 12.8. The number of cyclic esters (lactones) is 1. The molecule has 21 heavy (non-hydrogen) atoms. The Morgan fingerprint density at radius 3 is 2.33 bits per heavy atom. The fraction of sp³-hybridized carbons (Fsp3) is 0.533. The first kappa shape index (κ1) is 14.4. The Morgan fingerprint density at radius 1 is 1.14 bits per heavy atom. The normalized spacial score (nSPS) is 26.6. The smallest absolute Gasteiger partial charge is 0.439 e. The number of nitrogens with one attached hydrogen (secondary N) is 1. The molecule has 1 aromatic rings. The molecule has 0 saturated carbocycles. The van der Waals surface area contributed by atoms with Gasteiger partial charge in [-0.2, -0.15) is 0 Å². The summed E-state index contributed by atoms with van der Waals surface area (Å²) in [6.45, 7) is 8.55. The fourth-order valence-corrected chi connectivity index (χ4v) is 2.55. The zero-order valence-corrected chi connectivity index (χ0v) is 12.8. The van der Waals surface area contributed by atoms with E-state index < -0.39 is 18.3 Å². The van der Waals surface area contributed by atoms with Crippen LogP contribution in [0.5, 0.6) is 0 Å². The Morgan fingerprint density at radius 2 is 1.76 bits per heavy atom. The van der Waals surface area contributed by atoms with Crippen molar-refractivity contribution in [2.75, 3.05) is 6.54 Å². The van der Waals surface area contributed by atoms with Gasteiger partial charge in [0.1, 0.15) is 6.10 Å². The molecule has 112 valence electrons. The van der Waals surface area contributed by atoms with Gasteiger partial charge in [-0.1, -0.05) is 24.3 Å². The number of carbonyl (C=O) groups is 1. The molecule has 0 radical (unpaired) electrons. The van der Waals surface area contributed by atoms with Crippen molar-refractivity contribution in [2.45, 2.75) is 45.0 Å². The quantitative estimate of drug-likeness (QED) is 0.843. The van der Waals surface area contributed by atoms with Crippen molar-refractivity contribution in [2.24, 2.45) is 0 Å². The van der Waals surface area contributed by atoms with Crippen LogP contribution in [0.1, 0.15) is 39.4 Å². The van der Waals surface area contributed by atoms with E-state index in [-0.39, 0.29) is 12.2 Å². The molecule has 0 unspecified atom stereocenters. The highest BCUT2D eigenvalue weighted by atomic mass is 16.7. The van der Waals surface area contributed by atoms with Gasteiger partial charge in [0.05, 0.1) is 17.7 Å². The van der Waals surface area contributed by atoms with Crippen LogP contribution < -0.4 is 10.8 Å². The van der Waals surface area contributed by atoms with Crippen LogP contribution in [0.25, 0.3) is 0 Å². The lowest BCUT2D eigenvalue weighted by Crippen LogP contribution is -2.41. The molecule has 1 aromatic carbocycles. The molecule has 2 fully saturated rings. The maximum Gasteiger partial charge on any atom is 0.495 e. The minimum atomic E-state index is -0.453. The number of alkyl carbamates (subject to hydrolysis) is 1. The Kier molecular flexibility index (Phi) is 3.26. The van der Waals surface area contributed by atoms with E-state index >= 15 is 0 Å². The summed E-state index contributed by atoms with van der Waals surface area (Å²) in [6.07, 6.45) is -0.684. The summed E-state index contributed by atoms with van der Waals surface area (Å²) in [5, 5.41) is 2.68. The molecule has 6 heteroatoms. The van der Waals surface area contributed by atoms with Crippen molar-refractivity contribution in [3.05, 3.63) is 29.8 Å². The van der Waals surface area contributed by atoms with Gasteiger partial charge >= 0.3 is 13.2 Å². The van der Waals surface area contributed by atoms with Gasteiger partial charge in [-0.25, -0.2) is 4.79 Å². The molecule has 1 atom stereocenters. The molecule has 0 spiro atoms. The van der Waals surface area contributed by atoms with Gasteiger partial charge in [-0.05, 0) is 38.7 Å². The summed E-state index contributed by atoms with van der Waals surface area (Å²) in [5.74, 6) is 0. The van der Waals surface area contributed by atoms with E-state index in [0.717, 1.165) is 11.0 Å². The highest BCUT2D eigenvalue weighted by Gasteiger charge is 2.52. The second kappa shape index (κ2) is 4.75. The Labute approximate surface area is 125 Å². The summed E-state index contributed by atoms with van der Waals surface area (Å²) >= 11 is 0. The predicted octanol–water partition coefficient (Wildman–Crippen LogP) is 1.77. The van der Waals surface area contributed by atoms with Crippen LogP contribution in [-0.2, 0) is 14.0 Å². The van der Waals surface area contributed by atoms with Gasteiger partial charge < -0.3 is 19.4 Å². The SMILES string of the molecule is CC1(C)OB(c2ccccc2[C@@H]2CNC(=O)O2)OC1(C)C. The van der Waals surface area contributed by atoms with Crippen molar-refractivity contribution < 1.29 is 18.8 Å². The van der Waals surface area contributed by atoms with Gasteiger partial charge in [-0.3, -0.25) is 0 Å². The molecule has 0 bridgehead atoms. The third-order valence-electron chi connectivity index (χ3n) is 4.53. The van der Waals surface area contributed by atoms with E-state index in [1.54, 1.807) is 0 Å². The lowest BCUT2D eigenvalue weighted by atomic mass is 9.75. The van der Waals surface area contributed by atoms with Crippen LogP contribution in [0.4, 0.5) is 4.79 Å². The predicted molar refractivity (Wildman–Crippen MR) is 79.4 cm³/mol. The van der Waals surface area contributed by atoms with E-state index in [4.69, 9.17) is 14.0 Å². The molecule has 2 aliphatic heterocycles. The average Bonchev–Trinajstić information content (AvgIpc) is 2.92. The number of carbonyl (C=O) groups excluding carboxylic acids is 1. The molecule has 2 saturated heterocycles. The molecule has 0 aromatic heterocycles. The first-order chi connectivity index (χ1) is 9.80. The van der Waals surface area contributed by atoms with Crippen LogP contribution in [0, 0.1) is 0 Å². The molecule has 1 N–H and O–H groups in total. The van der Waals surface area contributed by atoms with Crippen LogP contribution in [0.15, 0.2) is 24.3 Å². The van der Waals surface area contributed by atoms with E-state index in [9.17, 15) is 4.79 Å². The maximum absolute atomic E-state index is 11.3. The number of amides is 1. The number of ether oxygens (including phenoxy) is 1. The number of rotatable bonds is 2. The van der Waals surface area contributed by atoms with Gasteiger partial charge in [-0.15, -0.1) is 0 Å². The topological polar surface area (TPSA) is 56.8 Å². The van der Waals surface area contributed by atoms with Crippen LogP contribution in [-0.4, -0.2) is 31.0 Å². The van der Waals surface area contributed by atoms with Crippen molar-refractivity contribution in [1.29, 1.82) is 0 Å². The third-order valence-corrected chi connectivity index (χ3v) is 4.53. The van der Waals surface area contributed by atoms with Gasteiger partial charge in [0.25, 0.3) is 0 Å². The maximum atomic E-state index is 11.3.